The Bertz CT molecular complexity index is 767. The number of rotatable bonds is 6. The highest BCUT2D eigenvalue weighted by molar-refractivity contribution is 7.13. The number of nitrogens with one attached hydrogen (secondary N) is 1. The van der Waals surface area contributed by atoms with Gasteiger partial charge in [0.15, 0.2) is 0 Å². The van der Waals surface area contributed by atoms with Crippen LogP contribution in [0.25, 0.3) is 21.5 Å². The summed E-state index contributed by atoms with van der Waals surface area (Å²) in [5, 5.41) is 3.61. The van der Waals surface area contributed by atoms with Gasteiger partial charge in [0.25, 0.3) is 0 Å². The Morgan fingerprint density at radius 3 is 2.73 bits per heavy atom. The Balaban J connectivity index is 2.10. The summed E-state index contributed by atoms with van der Waals surface area (Å²) in [7, 11) is 0. The molecule has 0 radical (unpaired) electrons. The number of unbranched alkanes of at least 4 members (excludes halogenated alkanes) is 1. The van der Waals surface area contributed by atoms with Crippen LogP contribution in [0.5, 0.6) is 0 Å². The third kappa shape index (κ3) is 2.96. The van der Waals surface area contributed by atoms with E-state index in [1.165, 1.54) is 38.2 Å². The lowest BCUT2D eigenvalue weighted by Gasteiger charge is -2.04. The van der Waals surface area contributed by atoms with Gasteiger partial charge in [-0.1, -0.05) is 13.0 Å². The van der Waals surface area contributed by atoms with Gasteiger partial charge in [0.1, 0.15) is 0 Å². The molecule has 2 aromatic heterocycles. The third-order valence-electron chi connectivity index (χ3n) is 4.24. The van der Waals surface area contributed by atoms with E-state index in [1.807, 2.05) is 11.3 Å². The molecule has 0 unspecified atom stereocenters. The van der Waals surface area contributed by atoms with Gasteiger partial charge in [0.05, 0.1) is 10.6 Å². The van der Waals surface area contributed by atoms with Gasteiger partial charge < -0.3 is 10.7 Å². The lowest BCUT2D eigenvalue weighted by atomic mass is 10.0. The fourth-order valence-electron chi connectivity index (χ4n) is 2.99. The first-order valence-electron chi connectivity index (χ1n) is 8.12. The molecule has 0 aliphatic heterocycles. The lowest BCUT2D eigenvalue weighted by molar-refractivity contribution is 0.748. The molecule has 0 aliphatic rings. The van der Waals surface area contributed by atoms with E-state index in [1.54, 1.807) is 0 Å². The molecule has 0 aliphatic carbocycles. The second-order valence-corrected chi connectivity index (χ2v) is 6.86. The van der Waals surface area contributed by atoms with Crippen LogP contribution < -0.4 is 5.73 Å². The van der Waals surface area contributed by atoms with Crippen molar-refractivity contribution in [2.45, 2.75) is 39.5 Å². The highest BCUT2D eigenvalue weighted by atomic mass is 32.1. The lowest BCUT2D eigenvalue weighted by Crippen LogP contribution is -1.99. The maximum absolute atomic E-state index is 5.67. The Labute approximate surface area is 136 Å². The van der Waals surface area contributed by atoms with Gasteiger partial charge in [-0.25, -0.2) is 0 Å². The molecule has 0 amide bonds. The highest BCUT2D eigenvalue weighted by Gasteiger charge is 2.14. The van der Waals surface area contributed by atoms with E-state index in [4.69, 9.17) is 5.73 Å². The van der Waals surface area contributed by atoms with Gasteiger partial charge in [-0.3, -0.25) is 0 Å². The molecule has 3 aromatic rings. The standard InChI is InChI=1S/C19H24N2S/c1-3-14-7-8-17-16(11-14)15(6-4-5-9-20)19(21-17)18-10-13(2)12-22-18/h7-8,10-12,21H,3-6,9,20H2,1-2H3. The minimum atomic E-state index is 0.774. The number of nitrogens with two attached hydrogens (primary N) is 1. The van der Waals surface area contributed by atoms with E-state index in [9.17, 15) is 0 Å². The normalized spacial score (nSPS) is 11.4. The number of fused-ring (bicyclic) bond motifs is 1. The van der Waals surface area contributed by atoms with Crippen LogP contribution in [-0.4, -0.2) is 11.5 Å². The summed E-state index contributed by atoms with van der Waals surface area (Å²) >= 11 is 1.83. The van der Waals surface area contributed by atoms with Crippen molar-refractivity contribution >= 4 is 22.2 Å². The zero-order valence-electron chi connectivity index (χ0n) is 13.4. The smallest absolute Gasteiger partial charge is 0.0598 e. The summed E-state index contributed by atoms with van der Waals surface area (Å²) in [4.78, 5) is 4.99. The van der Waals surface area contributed by atoms with Crippen molar-refractivity contribution in [1.82, 2.24) is 4.98 Å². The van der Waals surface area contributed by atoms with Gasteiger partial charge >= 0.3 is 0 Å². The van der Waals surface area contributed by atoms with Gasteiger partial charge in [-0.05, 0) is 79.4 Å². The fraction of sp³-hybridized carbons (Fsp3) is 0.368. The molecule has 2 nitrogen and oxygen atoms in total. The van der Waals surface area contributed by atoms with Crippen molar-refractivity contribution in [1.29, 1.82) is 0 Å². The monoisotopic (exact) mass is 312 g/mol. The summed E-state index contributed by atoms with van der Waals surface area (Å²) in [6.07, 6.45) is 4.41. The highest BCUT2D eigenvalue weighted by Crippen LogP contribution is 2.35. The molecule has 22 heavy (non-hydrogen) atoms. The summed E-state index contributed by atoms with van der Waals surface area (Å²) in [5.74, 6) is 0. The topological polar surface area (TPSA) is 41.8 Å². The Hall–Kier alpha value is -1.58. The molecule has 0 atom stereocenters. The second kappa shape index (κ2) is 6.67. The number of hydrogen-bond donors (Lipinski definition) is 2. The van der Waals surface area contributed by atoms with Crippen LogP contribution in [0.1, 0.15) is 36.5 Å². The molecule has 0 bridgehead atoms. The van der Waals surface area contributed by atoms with Crippen LogP contribution >= 0.6 is 11.3 Å². The zero-order valence-corrected chi connectivity index (χ0v) is 14.2. The van der Waals surface area contributed by atoms with Crippen molar-refractivity contribution in [2.75, 3.05) is 6.54 Å². The van der Waals surface area contributed by atoms with E-state index in [0.717, 1.165) is 32.2 Å². The Kier molecular flexibility index (Phi) is 4.65. The molecule has 116 valence electrons. The molecule has 0 spiro atoms. The number of thiophene rings is 1. The summed E-state index contributed by atoms with van der Waals surface area (Å²) in [6.45, 7) is 5.15. The predicted molar refractivity (Wildman–Crippen MR) is 97.7 cm³/mol. The van der Waals surface area contributed by atoms with Crippen molar-refractivity contribution in [3.8, 4) is 10.6 Å². The van der Waals surface area contributed by atoms with E-state index >= 15 is 0 Å². The molecule has 2 heterocycles. The van der Waals surface area contributed by atoms with Gasteiger partial charge in [0.2, 0.25) is 0 Å². The molecular weight excluding hydrogens is 288 g/mol. The average molecular weight is 312 g/mol. The molecule has 3 rings (SSSR count). The number of hydrogen-bond acceptors (Lipinski definition) is 2. The number of H-pyrrole nitrogens is 1. The first-order chi connectivity index (χ1) is 10.7. The zero-order chi connectivity index (χ0) is 15.5. The van der Waals surface area contributed by atoms with Crippen molar-refractivity contribution < 1.29 is 0 Å². The number of aryl methyl sites for hydroxylation is 3. The van der Waals surface area contributed by atoms with E-state index in [0.29, 0.717) is 0 Å². The predicted octanol–water partition coefficient (Wildman–Crippen LogP) is 5.05. The van der Waals surface area contributed by atoms with Crippen LogP contribution in [-0.2, 0) is 12.8 Å². The van der Waals surface area contributed by atoms with Crippen molar-refractivity contribution in [3.05, 3.63) is 46.3 Å². The second-order valence-electron chi connectivity index (χ2n) is 5.95. The van der Waals surface area contributed by atoms with Crippen LogP contribution in [0.2, 0.25) is 0 Å². The summed E-state index contributed by atoms with van der Waals surface area (Å²) in [6, 6.07) is 9.09. The number of aromatic nitrogens is 1. The van der Waals surface area contributed by atoms with Crippen LogP contribution in [0, 0.1) is 6.92 Å². The van der Waals surface area contributed by atoms with E-state index < -0.39 is 0 Å². The van der Waals surface area contributed by atoms with E-state index in [2.05, 4.69) is 48.5 Å². The molecule has 1 aromatic carbocycles. The fourth-order valence-corrected chi connectivity index (χ4v) is 3.92. The summed E-state index contributed by atoms with van der Waals surface area (Å²) < 4.78 is 0. The SMILES string of the molecule is CCc1ccc2[nH]c(-c3cc(C)cs3)c(CCCCN)c2c1. The average Bonchev–Trinajstić information content (AvgIpc) is 3.11. The van der Waals surface area contributed by atoms with Crippen molar-refractivity contribution in [2.24, 2.45) is 5.73 Å². The first-order valence-corrected chi connectivity index (χ1v) is 9.00. The number of aromatic amines is 1. The molecular formula is C19H24N2S. The van der Waals surface area contributed by atoms with Crippen LogP contribution in [0.15, 0.2) is 29.6 Å². The quantitative estimate of drug-likeness (QED) is 0.615. The third-order valence-corrected chi connectivity index (χ3v) is 5.30. The Morgan fingerprint density at radius 2 is 2.05 bits per heavy atom. The molecule has 0 saturated heterocycles. The first kappa shape index (κ1) is 15.3. The number of benzene rings is 1. The summed E-state index contributed by atoms with van der Waals surface area (Å²) in [5.41, 5.74) is 12.4. The molecule has 0 saturated carbocycles. The van der Waals surface area contributed by atoms with Crippen molar-refractivity contribution in [3.63, 3.8) is 0 Å². The maximum atomic E-state index is 5.67. The maximum Gasteiger partial charge on any atom is 0.0598 e. The van der Waals surface area contributed by atoms with Gasteiger partial charge in [-0.15, -0.1) is 11.3 Å². The minimum absolute atomic E-state index is 0.774. The molecule has 3 heteroatoms. The largest absolute Gasteiger partial charge is 0.354 e. The van der Waals surface area contributed by atoms with Gasteiger partial charge in [0, 0.05) is 10.9 Å². The van der Waals surface area contributed by atoms with Crippen LogP contribution in [0.3, 0.4) is 0 Å². The molecule has 0 fully saturated rings. The van der Waals surface area contributed by atoms with Crippen LogP contribution in [0.4, 0.5) is 0 Å². The minimum Gasteiger partial charge on any atom is -0.354 e. The van der Waals surface area contributed by atoms with E-state index in [-0.39, 0.29) is 0 Å². The molecule has 3 N–H and O–H groups in total. The van der Waals surface area contributed by atoms with Gasteiger partial charge in [-0.2, -0.15) is 0 Å². The Morgan fingerprint density at radius 1 is 1.18 bits per heavy atom.